The van der Waals surface area contributed by atoms with Gasteiger partial charge < -0.3 is 14.5 Å². The van der Waals surface area contributed by atoms with E-state index in [0.717, 1.165) is 44.0 Å². The zero-order valence-electron chi connectivity index (χ0n) is 16.9. The Morgan fingerprint density at radius 2 is 1.67 bits per heavy atom. The fraction of sp³-hybridized carbons (Fsp3) is 0.240. The zero-order chi connectivity index (χ0) is 20.6. The van der Waals surface area contributed by atoms with Gasteiger partial charge in [0.2, 0.25) is 0 Å². The van der Waals surface area contributed by atoms with Crippen LogP contribution >= 0.6 is 0 Å². The van der Waals surface area contributed by atoms with Gasteiger partial charge >= 0.3 is 0 Å². The van der Waals surface area contributed by atoms with Crippen molar-refractivity contribution in [3.8, 4) is 0 Å². The first-order chi connectivity index (χ1) is 14.8. The van der Waals surface area contributed by atoms with E-state index in [0.29, 0.717) is 17.9 Å². The lowest BCUT2D eigenvalue weighted by atomic mass is 10.0. The van der Waals surface area contributed by atoms with Gasteiger partial charge in [0.1, 0.15) is 5.76 Å². The molecule has 2 heterocycles. The summed E-state index contributed by atoms with van der Waals surface area (Å²) in [5.41, 5.74) is 3.77. The predicted octanol–water partition coefficient (Wildman–Crippen LogP) is 3.97. The average molecular weight is 402 g/mol. The molecule has 3 aromatic rings. The molecule has 5 nitrogen and oxygen atoms in total. The molecule has 2 aromatic carbocycles. The number of furan rings is 1. The Balaban J connectivity index is 1.39. The van der Waals surface area contributed by atoms with E-state index in [4.69, 9.17) is 9.15 Å². The van der Waals surface area contributed by atoms with Crippen molar-refractivity contribution in [2.24, 2.45) is 0 Å². The van der Waals surface area contributed by atoms with Crippen LogP contribution in [-0.4, -0.2) is 37.1 Å². The first kappa shape index (κ1) is 20.1. The van der Waals surface area contributed by atoms with E-state index in [9.17, 15) is 4.79 Å². The number of carbonyl (C=O) groups excluding carboxylic acids is 1. The summed E-state index contributed by atoms with van der Waals surface area (Å²) >= 11 is 0. The molecule has 154 valence electrons. The van der Waals surface area contributed by atoms with E-state index in [1.807, 2.05) is 42.5 Å². The molecule has 4 rings (SSSR count). The maximum atomic E-state index is 12.9. The molecule has 1 saturated heterocycles. The van der Waals surface area contributed by atoms with Crippen LogP contribution in [0.4, 0.5) is 0 Å². The minimum atomic E-state index is -0.130. The van der Waals surface area contributed by atoms with Crippen molar-refractivity contribution >= 4 is 17.6 Å². The topological polar surface area (TPSA) is 54.7 Å². The number of rotatable bonds is 7. The van der Waals surface area contributed by atoms with Gasteiger partial charge in [0.25, 0.3) is 5.91 Å². The van der Waals surface area contributed by atoms with Gasteiger partial charge in [-0.15, -0.1) is 0 Å². The van der Waals surface area contributed by atoms with Crippen LogP contribution in [0.15, 0.2) is 77.4 Å². The maximum absolute atomic E-state index is 12.9. The Morgan fingerprint density at radius 3 is 2.37 bits per heavy atom. The molecule has 0 atom stereocenters. The molecular weight excluding hydrogens is 376 g/mol. The van der Waals surface area contributed by atoms with Crippen LogP contribution in [0.25, 0.3) is 11.6 Å². The molecule has 5 heteroatoms. The summed E-state index contributed by atoms with van der Waals surface area (Å²) in [5, 5.41) is 3.03. The normalized spacial score (nSPS) is 15.1. The van der Waals surface area contributed by atoms with Crippen LogP contribution in [0.2, 0.25) is 0 Å². The smallest absolute Gasteiger partial charge is 0.252 e. The lowest BCUT2D eigenvalue weighted by Crippen LogP contribution is -2.35. The van der Waals surface area contributed by atoms with Crippen LogP contribution in [0.5, 0.6) is 0 Å². The number of nitrogens with zero attached hydrogens (tertiary/aromatic N) is 1. The van der Waals surface area contributed by atoms with Gasteiger partial charge in [-0.2, -0.15) is 0 Å². The zero-order valence-corrected chi connectivity index (χ0v) is 16.9. The van der Waals surface area contributed by atoms with Gasteiger partial charge in [0.15, 0.2) is 0 Å². The molecule has 30 heavy (non-hydrogen) atoms. The van der Waals surface area contributed by atoms with Crippen molar-refractivity contribution in [2.75, 3.05) is 26.3 Å². The van der Waals surface area contributed by atoms with Crippen LogP contribution in [0, 0.1) is 0 Å². The Bertz CT molecular complexity index is 957. The van der Waals surface area contributed by atoms with Gasteiger partial charge in [-0.3, -0.25) is 9.69 Å². The second-order valence-electron chi connectivity index (χ2n) is 7.33. The van der Waals surface area contributed by atoms with Crippen molar-refractivity contribution in [1.82, 2.24) is 10.2 Å². The summed E-state index contributed by atoms with van der Waals surface area (Å²) in [7, 11) is 0. The van der Waals surface area contributed by atoms with Gasteiger partial charge in [0, 0.05) is 26.2 Å². The molecule has 1 fully saturated rings. The molecule has 1 aromatic heterocycles. The highest BCUT2D eigenvalue weighted by Gasteiger charge is 2.13. The molecule has 0 saturated carbocycles. The van der Waals surface area contributed by atoms with E-state index < -0.39 is 0 Å². The largest absolute Gasteiger partial charge is 0.465 e. The highest BCUT2D eigenvalue weighted by Crippen LogP contribution is 2.19. The summed E-state index contributed by atoms with van der Waals surface area (Å²) in [6, 6.07) is 21.7. The fourth-order valence-electron chi connectivity index (χ4n) is 3.47. The number of amides is 1. The Kier molecular flexibility index (Phi) is 6.75. The Morgan fingerprint density at radius 1 is 0.933 bits per heavy atom. The molecule has 0 unspecified atom stereocenters. The highest BCUT2D eigenvalue weighted by atomic mass is 16.5. The number of hydrogen-bond donors (Lipinski definition) is 1. The van der Waals surface area contributed by atoms with E-state index in [1.54, 1.807) is 12.3 Å². The quantitative estimate of drug-likeness (QED) is 0.608. The summed E-state index contributed by atoms with van der Waals surface area (Å²) in [5.74, 6) is 0.520. The second kappa shape index (κ2) is 10.1. The molecule has 1 aliphatic rings. The van der Waals surface area contributed by atoms with Gasteiger partial charge in [0.05, 0.1) is 25.1 Å². The summed E-state index contributed by atoms with van der Waals surface area (Å²) in [6.07, 6.45) is 3.38. The second-order valence-corrected chi connectivity index (χ2v) is 7.33. The van der Waals surface area contributed by atoms with E-state index >= 15 is 0 Å². The SMILES string of the molecule is O=C(NCc1ccc(CN2CCOCC2)cc1)/C(=C/c1ccco1)c1ccccc1. The van der Waals surface area contributed by atoms with Crippen molar-refractivity contribution in [1.29, 1.82) is 0 Å². The molecule has 0 spiro atoms. The summed E-state index contributed by atoms with van der Waals surface area (Å²) in [6.45, 7) is 4.96. The fourth-order valence-corrected chi connectivity index (χ4v) is 3.47. The van der Waals surface area contributed by atoms with Crippen molar-refractivity contribution in [3.63, 3.8) is 0 Å². The minimum absolute atomic E-state index is 0.130. The van der Waals surface area contributed by atoms with Crippen molar-refractivity contribution in [3.05, 3.63) is 95.4 Å². The third-order valence-corrected chi connectivity index (χ3v) is 5.15. The minimum Gasteiger partial charge on any atom is -0.465 e. The monoisotopic (exact) mass is 402 g/mol. The lowest BCUT2D eigenvalue weighted by Gasteiger charge is -2.26. The number of benzene rings is 2. The number of hydrogen-bond acceptors (Lipinski definition) is 4. The third kappa shape index (κ3) is 5.47. The van der Waals surface area contributed by atoms with E-state index in [2.05, 4.69) is 34.5 Å². The lowest BCUT2D eigenvalue weighted by molar-refractivity contribution is -0.115. The van der Waals surface area contributed by atoms with Crippen LogP contribution < -0.4 is 5.32 Å². The van der Waals surface area contributed by atoms with Crippen molar-refractivity contribution < 1.29 is 13.9 Å². The molecule has 0 aliphatic carbocycles. The van der Waals surface area contributed by atoms with Gasteiger partial charge in [-0.25, -0.2) is 0 Å². The van der Waals surface area contributed by atoms with Crippen molar-refractivity contribution in [2.45, 2.75) is 13.1 Å². The van der Waals surface area contributed by atoms with Gasteiger partial charge in [-0.1, -0.05) is 54.6 Å². The Labute approximate surface area is 177 Å². The molecule has 0 radical (unpaired) electrons. The van der Waals surface area contributed by atoms with Crippen LogP contribution in [-0.2, 0) is 22.6 Å². The molecule has 1 aliphatic heterocycles. The summed E-state index contributed by atoms with van der Waals surface area (Å²) < 4.78 is 10.8. The molecule has 1 N–H and O–H groups in total. The Hall–Kier alpha value is -3.15. The van der Waals surface area contributed by atoms with E-state index in [-0.39, 0.29) is 5.91 Å². The number of nitrogens with one attached hydrogen (secondary N) is 1. The summed E-state index contributed by atoms with van der Waals surface area (Å²) in [4.78, 5) is 15.3. The number of carbonyl (C=O) groups is 1. The molecule has 0 bridgehead atoms. The van der Waals surface area contributed by atoms with E-state index in [1.165, 1.54) is 5.56 Å². The first-order valence-corrected chi connectivity index (χ1v) is 10.2. The number of ether oxygens (including phenoxy) is 1. The van der Waals surface area contributed by atoms with Crippen LogP contribution in [0.1, 0.15) is 22.5 Å². The predicted molar refractivity (Wildman–Crippen MR) is 117 cm³/mol. The highest BCUT2D eigenvalue weighted by molar-refractivity contribution is 6.23. The van der Waals surface area contributed by atoms with Crippen LogP contribution in [0.3, 0.4) is 0 Å². The van der Waals surface area contributed by atoms with Gasteiger partial charge in [-0.05, 0) is 34.9 Å². The number of morpholine rings is 1. The maximum Gasteiger partial charge on any atom is 0.252 e. The molecule has 1 amide bonds. The standard InChI is InChI=1S/C25H26N2O3/c28-25(24(17-23-7-4-14-30-23)22-5-2-1-3-6-22)26-18-20-8-10-21(11-9-20)19-27-12-15-29-16-13-27/h1-11,14,17H,12-13,15-16,18-19H2,(H,26,28)/b24-17+. The average Bonchev–Trinajstić information content (AvgIpc) is 3.31. The molecular formula is C25H26N2O3. The first-order valence-electron chi connectivity index (χ1n) is 10.2. The third-order valence-electron chi connectivity index (χ3n) is 5.15.